The van der Waals surface area contributed by atoms with Crippen LogP contribution in [0.3, 0.4) is 0 Å². The van der Waals surface area contributed by atoms with Gasteiger partial charge in [0.05, 0.1) is 22.6 Å². The summed E-state index contributed by atoms with van der Waals surface area (Å²) in [6.07, 6.45) is 0.616. The molecule has 0 saturated carbocycles. The molecule has 0 aliphatic carbocycles. The van der Waals surface area contributed by atoms with E-state index in [1.807, 2.05) is 6.07 Å². The van der Waals surface area contributed by atoms with E-state index in [4.69, 9.17) is 4.74 Å². The van der Waals surface area contributed by atoms with Crippen LogP contribution in [0.25, 0.3) is 0 Å². The molecule has 2 rings (SSSR count). The summed E-state index contributed by atoms with van der Waals surface area (Å²) >= 11 is 3.19. The van der Waals surface area contributed by atoms with Gasteiger partial charge in [-0.1, -0.05) is 6.07 Å². The normalized spacial score (nSPS) is 14.9. The summed E-state index contributed by atoms with van der Waals surface area (Å²) in [6, 6.07) is 3.57. The Labute approximate surface area is 89.2 Å². The second kappa shape index (κ2) is 3.67. The first-order valence-electron chi connectivity index (χ1n) is 4.22. The number of benzene rings is 1. The summed E-state index contributed by atoms with van der Waals surface area (Å²) in [5.74, 6) is 0. The van der Waals surface area contributed by atoms with E-state index in [9.17, 15) is 10.1 Å². The Morgan fingerprint density at radius 3 is 3.00 bits per heavy atom. The van der Waals surface area contributed by atoms with Gasteiger partial charge in [0.2, 0.25) is 0 Å². The van der Waals surface area contributed by atoms with Gasteiger partial charge in [0.15, 0.2) is 0 Å². The van der Waals surface area contributed by atoms with Crippen LogP contribution >= 0.6 is 15.9 Å². The maximum atomic E-state index is 10.8. The van der Waals surface area contributed by atoms with Gasteiger partial charge in [-0.05, 0) is 27.6 Å². The van der Waals surface area contributed by atoms with E-state index in [1.54, 1.807) is 6.07 Å². The van der Waals surface area contributed by atoms with Crippen molar-refractivity contribution in [1.29, 1.82) is 0 Å². The number of hydrogen-bond donors (Lipinski definition) is 0. The van der Waals surface area contributed by atoms with Gasteiger partial charge in [-0.2, -0.15) is 0 Å². The summed E-state index contributed by atoms with van der Waals surface area (Å²) in [7, 11) is 0. The van der Waals surface area contributed by atoms with E-state index in [2.05, 4.69) is 15.9 Å². The van der Waals surface area contributed by atoms with Crippen LogP contribution in [0.4, 0.5) is 5.69 Å². The molecule has 74 valence electrons. The van der Waals surface area contributed by atoms with Crippen LogP contribution in [-0.2, 0) is 17.8 Å². The van der Waals surface area contributed by atoms with Gasteiger partial charge in [0.1, 0.15) is 0 Å². The number of fused-ring (bicyclic) bond motifs is 1. The molecule has 0 amide bonds. The second-order valence-corrected chi connectivity index (χ2v) is 3.95. The Kier molecular flexibility index (Phi) is 2.52. The molecule has 0 atom stereocenters. The van der Waals surface area contributed by atoms with E-state index in [0.29, 0.717) is 24.1 Å². The molecular formula is C9H8BrNO3. The third-order valence-electron chi connectivity index (χ3n) is 2.27. The molecule has 0 unspecified atom stereocenters. The maximum Gasteiger partial charge on any atom is 0.287 e. The number of ether oxygens (including phenoxy) is 1. The molecule has 0 fully saturated rings. The van der Waals surface area contributed by atoms with E-state index >= 15 is 0 Å². The van der Waals surface area contributed by atoms with E-state index < -0.39 is 0 Å². The lowest BCUT2D eigenvalue weighted by Crippen LogP contribution is -2.12. The van der Waals surface area contributed by atoms with Crippen molar-refractivity contribution >= 4 is 21.6 Å². The Balaban J connectivity index is 2.60. The van der Waals surface area contributed by atoms with Gasteiger partial charge in [-0.3, -0.25) is 10.1 Å². The highest BCUT2D eigenvalue weighted by molar-refractivity contribution is 9.10. The zero-order valence-electron chi connectivity index (χ0n) is 7.33. The molecule has 0 bridgehead atoms. The lowest BCUT2D eigenvalue weighted by atomic mass is 10.0. The quantitative estimate of drug-likeness (QED) is 0.574. The largest absolute Gasteiger partial charge is 0.376 e. The first-order valence-corrected chi connectivity index (χ1v) is 5.02. The lowest BCUT2D eigenvalue weighted by Gasteiger charge is -2.16. The number of hydrogen-bond acceptors (Lipinski definition) is 3. The smallest absolute Gasteiger partial charge is 0.287 e. The average Bonchev–Trinajstić information content (AvgIpc) is 2.17. The van der Waals surface area contributed by atoms with Crippen molar-refractivity contribution in [3.05, 3.63) is 37.8 Å². The summed E-state index contributed by atoms with van der Waals surface area (Å²) < 4.78 is 5.78. The van der Waals surface area contributed by atoms with Crippen molar-refractivity contribution in [1.82, 2.24) is 0 Å². The third kappa shape index (κ3) is 1.53. The standard InChI is InChI=1S/C9H8BrNO3/c10-8-2-1-6-5-14-4-3-7(6)9(8)11(12)13/h1-2H,3-5H2. The van der Waals surface area contributed by atoms with Crippen molar-refractivity contribution < 1.29 is 9.66 Å². The minimum absolute atomic E-state index is 0.186. The van der Waals surface area contributed by atoms with Crippen LogP contribution in [0.2, 0.25) is 0 Å². The summed E-state index contributed by atoms with van der Waals surface area (Å²) in [6.45, 7) is 1.04. The molecule has 1 aliphatic heterocycles. The highest BCUT2D eigenvalue weighted by Crippen LogP contribution is 2.33. The Morgan fingerprint density at radius 1 is 1.50 bits per heavy atom. The van der Waals surface area contributed by atoms with E-state index in [1.165, 1.54) is 0 Å². The number of halogens is 1. The van der Waals surface area contributed by atoms with Crippen LogP contribution in [0.1, 0.15) is 11.1 Å². The van der Waals surface area contributed by atoms with Crippen LogP contribution in [0.5, 0.6) is 0 Å². The zero-order valence-corrected chi connectivity index (χ0v) is 8.91. The van der Waals surface area contributed by atoms with Crippen LogP contribution in [0.15, 0.2) is 16.6 Å². The van der Waals surface area contributed by atoms with Crippen molar-refractivity contribution in [2.75, 3.05) is 6.61 Å². The van der Waals surface area contributed by atoms with Gasteiger partial charge in [0.25, 0.3) is 5.69 Å². The molecule has 0 saturated heterocycles. The Hall–Kier alpha value is -0.940. The molecule has 4 nitrogen and oxygen atoms in total. The number of rotatable bonds is 1. The molecule has 1 aliphatic rings. The van der Waals surface area contributed by atoms with Gasteiger partial charge in [0, 0.05) is 12.0 Å². The molecule has 14 heavy (non-hydrogen) atoms. The topological polar surface area (TPSA) is 52.4 Å². The molecule has 1 aromatic carbocycles. The summed E-state index contributed by atoms with van der Waals surface area (Å²) in [5.41, 5.74) is 1.91. The van der Waals surface area contributed by atoms with Crippen molar-refractivity contribution in [2.24, 2.45) is 0 Å². The number of nitrogens with zero attached hydrogens (tertiary/aromatic N) is 1. The maximum absolute atomic E-state index is 10.8. The minimum Gasteiger partial charge on any atom is -0.376 e. The lowest BCUT2D eigenvalue weighted by molar-refractivity contribution is -0.386. The molecule has 1 aromatic rings. The van der Waals surface area contributed by atoms with Crippen molar-refractivity contribution in [3.8, 4) is 0 Å². The molecule has 0 radical (unpaired) electrons. The fourth-order valence-corrected chi connectivity index (χ4v) is 2.13. The fourth-order valence-electron chi connectivity index (χ4n) is 1.62. The number of nitro groups is 1. The Morgan fingerprint density at radius 2 is 2.29 bits per heavy atom. The second-order valence-electron chi connectivity index (χ2n) is 3.09. The van der Waals surface area contributed by atoms with Gasteiger partial charge in [-0.15, -0.1) is 0 Å². The molecule has 5 heteroatoms. The van der Waals surface area contributed by atoms with Gasteiger partial charge in [-0.25, -0.2) is 0 Å². The molecule has 0 N–H and O–H groups in total. The monoisotopic (exact) mass is 257 g/mol. The average molecular weight is 258 g/mol. The Bertz CT molecular complexity index is 392. The van der Waals surface area contributed by atoms with E-state index in [0.717, 1.165) is 11.1 Å². The highest BCUT2D eigenvalue weighted by atomic mass is 79.9. The first-order chi connectivity index (χ1) is 6.70. The predicted octanol–water partition coefficient (Wildman–Crippen LogP) is 2.43. The fraction of sp³-hybridized carbons (Fsp3) is 0.333. The molecule has 1 heterocycles. The highest BCUT2D eigenvalue weighted by Gasteiger charge is 2.23. The summed E-state index contributed by atoms with van der Waals surface area (Å²) in [4.78, 5) is 10.5. The predicted molar refractivity (Wildman–Crippen MR) is 54.2 cm³/mol. The number of nitro benzene ring substituents is 1. The van der Waals surface area contributed by atoms with Crippen molar-refractivity contribution in [3.63, 3.8) is 0 Å². The molecule has 0 spiro atoms. The van der Waals surface area contributed by atoms with Crippen molar-refractivity contribution in [2.45, 2.75) is 13.0 Å². The minimum atomic E-state index is -0.339. The molecule has 0 aromatic heterocycles. The third-order valence-corrected chi connectivity index (χ3v) is 2.91. The first kappa shape index (κ1) is 9.61. The van der Waals surface area contributed by atoms with E-state index in [-0.39, 0.29) is 10.6 Å². The van der Waals surface area contributed by atoms with Crippen LogP contribution < -0.4 is 0 Å². The van der Waals surface area contributed by atoms with Crippen LogP contribution in [0, 0.1) is 10.1 Å². The molecular weight excluding hydrogens is 250 g/mol. The van der Waals surface area contributed by atoms with Gasteiger partial charge < -0.3 is 4.74 Å². The zero-order chi connectivity index (χ0) is 10.1. The SMILES string of the molecule is O=[N+]([O-])c1c(Br)ccc2c1CCOC2. The van der Waals surface area contributed by atoms with Crippen LogP contribution in [-0.4, -0.2) is 11.5 Å². The van der Waals surface area contributed by atoms with Gasteiger partial charge >= 0.3 is 0 Å². The summed E-state index contributed by atoms with van der Waals surface area (Å²) in [5, 5.41) is 10.8.